The van der Waals surface area contributed by atoms with Crippen LogP contribution in [0.4, 0.5) is 0 Å². The highest BCUT2D eigenvalue weighted by atomic mass is 16.5. The van der Waals surface area contributed by atoms with Crippen LogP contribution in [-0.4, -0.2) is 35.7 Å². The molecule has 5 nitrogen and oxygen atoms in total. The predicted molar refractivity (Wildman–Crippen MR) is 70.9 cm³/mol. The van der Waals surface area contributed by atoms with Crippen LogP contribution in [0.2, 0.25) is 0 Å². The van der Waals surface area contributed by atoms with Gasteiger partial charge in [-0.15, -0.1) is 0 Å². The molecule has 1 aromatic rings. The highest BCUT2D eigenvalue weighted by molar-refractivity contribution is 5.69. The van der Waals surface area contributed by atoms with Gasteiger partial charge in [0, 0.05) is 12.6 Å². The van der Waals surface area contributed by atoms with Crippen molar-refractivity contribution in [1.82, 2.24) is 4.90 Å². The molecule has 0 saturated carbocycles. The lowest BCUT2D eigenvalue weighted by molar-refractivity contribution is -0.138. The number of carboxylic acids is 1. The number of benzene rings is 1. The van der Waals surface area contributed by atoms with Gasteiger partial charge in [0.25, 0.3) is 0 Å². The van der Waals surface area contributed by atoms with E-state index in [2.05, 4.69) is 6.07 Å². The minimum Gasteiger partial charge on any atom is -0.495 e. The van der Waals surface area contributed by atoms with E-state index in [-0.39, 0.29) is 12.6 Å². The maximum Gasteiger partial charge on any atom is 0.317 e. The van der Waals surface area contributed by atoms with Crippen LogP contribution in [0.1, 0.15) is 25.0 Å². The average molecular weight is 262 g/mol. The number of rotatable bonds is 6. The number of nitriles is 1. The molecule has 0 saturated heterocycles. The van der Waals surface area contributed by atoms with Gasteiger partial charge in [-0.1, -0.05) is 6.07 Å². The monoisotopic (exact) mass is 262 g/mol. The van der Waals surface area contributed by atoms with E-state index in [0.717, 1.165) is 5.56 Å². The summed E-state index contributed by atoms with van der Waals surface area (Å²) in [5.41, 5.74) is 1.35. The van der Waals surface area contributed by atoms with E-state index >= 15 is 0 Å². The third kappa shape index (κ3) is 4.27. The fourth-order valence-electron chi connectivity index (χ4n) is 1.77. The summed E-state index contributed by atoms with van der Waals surface area (Å²) in [6.07, 6.45) is 0. The van der Waals surface area contributed by atoms with Crippen LogP contribution in [0.15, 0.2) is 18.2 Å². The molecular weight excluding hydrogens is 244 g/mol. The maximum atomic E-state index is 10.8. The van der Waals surface area contributed by atoms with Gasteiger partial charge in [-0.25, -0.2) is 0 Å². The van der Waals surface area contributed by atoms with E-state index < -0.39 is 5.97 Å². The van der Waals surface area contributed by atoms with E-state index in [4.69, 9.17) is 15.1 Å². The van der Waals surface area contributed by atoms with Crippen LogP contribution in [0.5, 0.6) is 5.75 Å². The molecule has 1 aromatic carbocycles. The number of hydrogen-bond acceptors (Lipinski definition) is 4. The zero-order chi connectivity index (χ0) is 14.4. The Hall–Kier alpha value is -2.06. The molecule has 0 radical (unpaired) electrons. The summed E-state index contributed by atoms with van der Waals surface area (Å²) in [6, 6.07) is 7.49. The van der Waals surface area contributed by atoms with Crippen molar-refractivity contribution in [1.29, 1.82) is 5.26 Å². The molecule has 0 unspecified atom stereocenters. The second-order valence-corrected chi connectivity index (χ2v) is 4.54. The van der Waals surface area contributed by atoms with Gasteiger partial charge in [0.2, 0.25) is 0 Å². The number of nitrogens with zero attached hydrogens (tertiary/aromatic N) is 2. The van der Waals surface area contributed by atoms with Crippen molar-refractivity contribution in [3.8, 4) is 11.8 Å². The molecule has 0 aliphatic heterocycles. The van der Waals surface area contributed by atoms with Gasteiger partial charge in [0.05, 0.1) is 19.2 Å². The van der Waals surface area contributed by atoms with E-state index in [9.17, 15) is 4.79 Å². The highest BCUT2D eigenvalue weighted by Gasteiger charge is 2.14. The Morgan fingerprint density at radius 2 is 2.21 bits per heavy atom. The lowest BCUT2D eigenvalue weighted by Crippen LogP contribution is -2.35. The number of aliphatic carboxylic acids is 1. The number of ether oxygens (including phenoxy) is 1. The average Bonchev–Trinajstić information content (AvgIpc) is 2.37. The maximum absolute atomic E-state index is 10.8. The van der Waals surface area contributed by atoms with E-state index in [1.54, 1.807) is 12.1 Å². The molecular formula is C14H18N2O3. The van der Waals surface area contributed by atoms with Gasteiger partial charge in [0.1, 0.15) is 11.8 Å². The summed E-state index contributed by atoms with van der Waals surface area (Å²) < 4.78 is 5.08. The third-order valence-electron chi connectivity index (χ3n) is 2.84. The molecule has 102 valence electrons. The first kappa shape index (κ1) is 15.0. The zero-order valence-corrected chi connectivity index (χ0v) is 11.4. The topological polar surface area (TPSA) is 73.6 Å². The first-order valence-corrected chi connectivity index (χ1v) is 6.00. The fraction of sp³-hybridized carbons (Fsp3) is 0.429. The molecule has 0 amide bonds. The zero-order valence-electron chi connectivity index (χ0n) is 11.4. The van der Waals surface area contributed by atoms with E-state index in [0.29, 0.717) is 17.9 Å². The Labute approximate surface area is 113 Å². The quantitative estimate of drug-likeness (QED) is 0.847. The Morgan fingerprint density at radius 1 is 1.53 bits per heavy atom. The SMILES string of the molecule is COc1ccc(CN(CC(=O)O)C(C)C)cc1C#N. The smallest absolute Gasteiger partial charge is 0.317 e. The normalized spacial score (nSPS) is 10.5. The van der Waals surface area contributed by atoms with Gasteiger partial charge >= 0.3 is 5.97 Å². The number of carbonyl (C=O) groups is 1. The Morgan fingerprint density at radius 3 is 2.68 bits per heavy atom. The molecule has 0 aromatic heterocycles. The van der Waals surface area contributed by atoms with E-state index in [1.807, 2.05) is 24.8 Å². The van der Waals surface area contributed by atoms with Crippen LogP contribution in [0.25, 0.3) is 0 Å². The molecule has 5 heteroatoms. The Balaban J connectivity index is 2.91. The number of hydrogen-bond donors (Lipinski definition) is 1. The lowest BCUT2D eigenvalue weighted by Gasteiger charge is -2.24. The summed E-state index contributed by atoms with van der Waals surface area (Å²) >= 11 is 0. The summed E-state index contributed by atoms with van der Waals surface area (Å²) in [6.45, 7) is 4.35. The van der Waals surface area contributed by atoms with Crippen molar-refractivity contribution in [2.45, 2.75) is 26.4 Å². The Bertz CT molecular complexity index is 492. The highest BCUT2D eigenvalue weighted by Crippen LogP contribution is 2.20. The minimum absolute atomic E-state index is 0.0222. The van der Waals surface area contributed by atoms with Crippen molar-refractivity contribution < 1.29 is 14.6 Å². The summed E-state index contributed by atoms with van der Waals surface area (Å²) in [4.78, 5) is 12.6. The largest absolute Gasteiger partial charge is 0.495 e. The molecule has 0 aliphatic rings. The van der Waals surface area contributed by atoms with Gasteiger partial charge in [-0.2, -0.15) is 5.26 Å². The van der Waals surface area contributed by atoms with Crippen LogP contribution < -0.4 is 4.74 Å². The molecule has 0 heterocycles. The van der Waals surface area contributed by atoms with Gasteiger partial charge in [-0.3, -0.25) is 9.69 Å². The Kier molecular flexibility index (Phi) is 5.34. The molecule has 0 fully saturated rings. The fourth-order valence-corrected chi connectivity index (χ4v) is 1.77. The molecule has 1 N–H and O–H groups in total. The molecule has 19 heavy (non-hydrogen) atoms. The third-order valence-corrected chi connectivity index (χ3v) is 2.84. The number of carboxylic acid groups (broad SMARTS) is 1. The van der Waals surface area contributed by atoms with Crippen LogP contribution in [-0.2, 0) is 11.3 Å². The first-order valence-electron chi connectivity index (χ1n) is 6.00. The minimum atomic E-state index is -0.859. The van der Waals surface area contributed by atoms with Gasteiger partial charge in [0.15, 0.2) is 0 Å². The first-order chi connectivity index (χ1) is 8.97. The standard InChI is InChI=1S/C14H18N2O3/c1-10(2)16(9-14(17)18)8-11-4-5-13(19-3)12(6-11)7-15/h4-6,10H,8-9H2,1-3H3,(H,17,18). The molecule has 0 aliphatic carbocycles. The van der Waals surface area contributed by atoms with Crippen molar-refractivity contribution in [3.05, 3.63) is 29.3 Å². The lowest BCUT2D eigenvalue weighted by atomic mass is 10.1. The molecule has 1 rings (SSSR count). The van der Waals surface area contributed by atoms with Crippen LogP contribution in [0.3, 0.4) is 0 Å². The van der Waals surface area contributed by atoms with Crippen LogP contribution in [0, 0.1) is 11.3 Å². The van der Waals surface area contributed by atoms with Crippen molar-refractivity contribution in [3.63, 3.8) is 0 Å². The van der Waals surface area contributed by atoms with Gasteiger partial charge < -0.3 is 9.84 Å². The van der Waals surface area contributed by atoms with Crippen molar-refractivity contribution in [2.24, 2.45) is 0 Å². The van der Waals surface area contributed by atoms with Gasteiger partial charge in [-0.05, 0) is 31.5 Å². The molecule has 0 bridgehead atoms. The van der Waals surface area contributed by atoms with Crippen LogP contribution >= 0.6 is 0 Å². The second-order valence-electron chi connectivity index (χ2n) is 4.54. The predicted octanol–water partition coefficient (Wildman–Crippen LogP) is 1.86. The number of methoxy groups -OCH3 is 1. The van der Waals surface area contributed by atoms with Crippen molar-refractivity contribution >= 4 is 5.97 Å². The second kappa shape index (κ2) is 6.76. The summed E-state index contributed by atoms with van der Waals surface area (Å²) in [5, 5.41) is 17.9. The molecule has 0 spiro atoms. The molecule has 0 atom stereocenters. The summed E-state index contributed by atoms with van der Waals surface area (Å²) in [5.74, 6) is -0.330. The summed E-state index contributed by atoms with van der Waals surface area (Å²) in [7, 11) is 1.51. The van der Waals surface area contributed by atoms with Crippen molar-refractivity contribution in [2.75, 3.05) is 13.7 Å². The van der Waals surface area contributed by atoms with E-state index in [1.165, 1.54) is 7.11 Å².